The van der Waals surface area contributed by atoms with Crippen LogP contribution in [0.5, 0.6) is 5.75 Å². The van der Waals surface area contributed by atoms with Gasteiger partial charge in [0.05, 0.1) is 5.56 Å². The van der Waals surface area contributed by atoms with Crippen molar-refractivity contribution < 1.29 is 9.90 Å². The van der Waals surface area contributed by atoms with E-state index >= 15 is 0 Å². The van der Waals surface area contributed by atoms with Crippen LogP contribution < -0.4 is 11.1 Å². The molecule has 1 fully saturated rings. The summed E-state index contributed by atoms with van der Waals surface area (Å²) in [6.45, 7) is 0.576. The molecule has 1 aromatic rings. The van der Waals surface area contributed by atoms with Gasteiger partial charge >= 0.3 is 0 Å². The van der Waals surface area contributed by atoms with Gasteiger partial charge in [-0.3, -0.25) is 4.79 Å². The molecule has 2 unspecified atom stereocenters. The zero-order valence-corrected chi connectivity index (χ0v) is 11.5. The van der Waals surface area contributed by atoms with Gasteiger partial charge in [-0.25, -0.2) is 0 Å². The number of phenols is 1. The molecule has 2 atom stereocenters. The Morgan fingerprint density at radius 3 is 2.89 bits per heavy atom. The summed E-state index contributed by atoms with van der Waals surface area (Å²) in [7, 11) is 0. The first kappa shape index (κ1) is 14.2. The number of hydrogen-bond donors (Lipinski definition) is 3. The maximum atomic E-state index is 12.2. The minimum atomic E-state index is -0.287. The van der Waals surface area contributed by atoms with Gasteiger partial charge in [0.15, 0.2) is 0 Å². The van der Waals surface area contributed by atoms with Crippen molar-refractivity contribution in [2.45, 2.75) is 31.7 Å². The Morgan fingerprint density at radius 2 is 2.16 bits per heavy atom. The number of carbonyl (C=O) groups is 1. The second kappa shape index (κ2) is 6.26. The molecule has 4 nitrogen and oxygen atoms in total. The highest BCUT2D eigenvalue weighted by molar-refractivity contribution is 6.31. The normalized spacial score (nSPS) is 23.1. The number of nitrogens with two attached hydrogens (primary N) is 1. The van der Waals surface area contributed by atoms with Crippen LogP contribution in [0.25, 0.3) is 0 Å². The Morgan fingerprint density at radius 1 is 1.42 bits per heavy atom. The first-order valence-corrected chi connectivity index (χ1v) is 6.99. The van der Waals surface area contributed by atoms with E-state index in [0.717, 1.165) is 25.7 Å². The van der Waals surface area contributed by atoms with Crippen molar-refractivity contribution in [3.8, 4) is 5.75 Å². The minimum absolute atomic E-state index is 0.0537. The molecule has 0 saturated heterocycles. The number of nitrogens with one attached hydrogen (secondary N) is 1. The summed E-state index contributed by atoms with van der Waals surface area (Å²) in [4.78, 5) is 12.2. The number of amides is 1. The van der Waals surface area contributed by atoms with Gasteiger partial charge in [0.25, 0.3) is 5.91 Å². The van der Waals surface area contributed by atoms with Crippen LogP contribution in [-0.2, 0) is 0 Å². The first-order valence-electron chi connectivity index (χ1n) is 6.61. The largest absolute Gasteiger partial charge is 0.507 e. The number of aromatic hydroxyl groups is 1. The molecule has 1 aliphatic rings. The zero-order chi connectivity index (χ0) is 13.8. The lowest BCUT2D eigenvalue weighted by molar-refractivity contribution is 0.0905. The van der Waals surface area contributed by atoms with Crippen LogP contribution in [0.15, 0.2) is 18.2 Å². The van der Waals surface area contributed by atoms with E-state index in [1.165, 1.54) is 12.1 Å². The van der Waals surface area contributed by atoms with Crippen molar-refractivity contribution >= 4 is 17.5 Å². The standard InChI is InChI=1S/C14H19ClN2O2/c15-10-5-6-13(18)11(7-10)14(19)17-12-4-2-1-3-9(12)8-16/h5-7,9,12,18H,1-4,8,16H2,(H,17,19). The molecule has 1 amide bonds. The van der Waals surface area contributed by atoms with Crippen LogP contribution in [0.4, 0.5) is 0 Å². The van der Waals surface area contributed by atoms with Crippen LogP contribution in [0, 0.1) is 5.92 Å². The summed E-state index contributed by atoms with van der Waals surface area (Å²) in [5.41, 5.74) is 5.96. The summed E-state index contributed by atoms with van der Waals surface area (Å²) < 4.78 is 0. The molecule has 0 bridgehead atoms. The molecule has 0 aliphatic heterocycles. The van der Waals surface area contributed by atoms with E-state index in [1.54, 1.807) is 6.07 Å². The molecule has 0 heterocycles. The zero-order valence-electron chi connectivity index (χ0n) is 10.7. The van der Waals surface area contributed by atoms with Crippen LogP contribution in [-0.4, -0.2) is 23.6 Å². The van der Waals surface area contributed by atoms with Crippen molar-refractivity contribution in [1.82, 2.24) is 5.32 Å². The van der Waals surface area contributed by atoms with E-state index in [0.29, 0.717) is 17.5 Å². The van der Waals surface area contributed by atoms with E-state index in [4.69, 9.17) is 17.3 Å². The van der Waals surface area contributed by atoms with Gasteiger partial charge in [-0.2, -0.15) is 0 Å². The molecule has 2 rings (SSSR count). The van der Waals surface area contributed by atoms with Crippen LogP contribution in [0.3, 0.4) is 0 Å². The van der Waals surface area contributed by atoms with Crippen LogP contribution >= 0.6 is 11.6 Å². The van der Waals surface area contributed by atoms with Crippen molar-refractivity contribution in [1.29, 1.82) is 0 Å². The number of halogens is 1. The lowest BCUT2D eigenvalue weighted by atomic mass is 9.84. The summed E-state index contributed by atoms with van der Waals surface area (Å²) in [5, 5.41) is 13.1. The Balaban J connectivity index is 2.09. The van der Waals surface area contributed by atoms with E-state index < -0.39 is 0 Å². The second-order valence-corrected chi connectivity index (χ2v) is 5.46. The lowest BCUT2D eigenvalue weighted by Crippen LogP contribution is -2.44. The molecule has 1 aromatic carbocycles. The topological polar surface area (TPSA) is 75.3 Å². The summed E-state index contributed by atoms with van der Waals surface area (Å²) >= 11 is 5.85. The SMILES string of the molecule is NCC1CCCCC1NC(=O)c1cc(Cl)ccc1O. The van der Waals surface area contributed by atoms with E-state index in [-0.39, 0.29) is 23.3 Å². The predicted molar refractivity (Wildman–Crippen MR) is 75.4 cm³/mol. The number of rotatable bonds is 3. The first-order chi connectivity index (χ1) is 9.11. The lowest BCUT2D eigenvalue weighted by Gasteiger charge is -2.31. The fraction of sp³-hybridized carbons (Fsp3) is 0.500. The molecular formula is C14H19ClN2O2. The molecule has 19 heavy (non-hydrogen) atoms. The molecular weight excluding hydrogens is 264 g/mol. The third-order valence-electron chi connectivity index (χ3n) is 3.73. The van der Waals surface area contributed by atoms with E-state index in [2.05, 4.69) is 5.32 Å². The molecule has 0 radical (unpaired) electrons. The van der Waals surface area contributed by atoms with Gasteiger partial charge in [0.2, 0.25) is 0 Å². The monoisotopic (exact) mass is 282 g/mol. The number of benzene rings is 1. The number of phenolic OH excluding ortho intramolecular Hbond substituents is 1. The van der Waals surface area contributed by atoms with Gasteiger partial charge in [-0.05, 0) is 43.5 Å². The maximum absolute atomic E-state index is 12.2. The Kier molecular flexibility index (Phi) is 4.66. The molecule has 0 aromatic heterocycles. The van der Waals surface area contributed by atoms with Crippen molar-refractivity contribution in [3.05, 3.63) is 28.8 Å². The highest BCUT2D eigenvalue weighted by Gasteiger charge is 2.26. The van der Waals surface area contributed by atoms with Gasteiger partial charge in [0.1, 0.15) is 5.75 Å². The fourth-order valence-electron chi connectivity index (χ4n) is 2.62. The summed E-state index contributed by atoms with van der Waals surface area (Å²) in [6.07, 6.45) is 4.25. The molecule has 0 spiro atoms. The molecule has 104 valence electrons. The summed E-state index contributed by atoms with van der Waals surface area (Å²) in [5.74, 6) is -0.0219. The predicted octanol–water partition coefficient (Wildman–Crippen LogP) is 2.29. The van der Waals surface area contributed by atoms with Gasteiger partial charge in [-0.15, -0.1) is 0 Å². The molecule has 4 N–H and O–H groups in total. The van der Waals surface area contributed by atoms with Gasteiger partial charge in [-0.1, -0.05) is 24.4 Å². The van der Waals surface area contributed by atoms with Gasteiger partial charge in [0, 0.05) is 11.1 Å². The molecule has 1 aliphatic carbocycles. The van der Waals surface area contributed by atoms with Crippen LogP contribution in [0.1, 0.15) is 36.0 Å². The van der Waals surface area contributed by atoms with Crippen molar-refractivity contribution in [3.63, 3.8) is 0 Å². The third-order valence-corrected chi connectivity index (χ3v) is 3.97. The van der Waals surface area contributed by atoms with Gasteiger partial charge < -0.3 is 16.2 Å². The second-order valence-electron chi connectivity index (χ2n) is 5.02. The Bertz CT molecular complexity index is 465. The molecule has 5 heteroatoms. The number of carbonyl (C=O) groups excluding carboxylic acids is 1. The average Bonchev–Trinajstić information content (AvgIpc) is 2.42. The Hall–Kier alpha value is -1.26. The molecule has 1 saturated carbocycles. The minimum Gasteiger partial charge on any atom is -0.507 e. The Labute approximate surface area is 117 Å². The smallest absolute Gasteiger partial charge is 0.255 e. The van der Waals surface area contributed by atoms with Crippen LogP contribution in [0.2, 0.25) is 5.02 Å². The average molecular weight is 283 g/mol. The highest BCUT2D eigenvalue weighted by atomic mass is 35.5. The van der Waals surface area contributed by atoms with Crippen molar-refractivity contribution in [2.75, 3.05) is 6.54 Å². The summed E-state index contributed by atoms with van der Waals surface area (Å²) in [6, 6.07) is 4.55. The third kappa shape index (κ3) is 3.39. The maximum Gasteiger partial charge on any atom is 0.255 e. The quantitative estimate of drug-likeness (QED) is 0.796. The number of hydrogen-bond acceptors (Lipinski definition) is 3. The van der Waals surface area contributed by atoms with E-state index in [9.17, 15) is 9.90 Å². The van der Waals surface area contributed by atoms with E-state index in [1.807, 2.05) is 0 Å². The fourth-order valence-corrected chi connectivity index (χ4v) is 2.79. The van der Waals surface area contributed by atoms with Crippen molar-refractivity contribution in [2.24, 2.45) is 11.7 Å². The highest BCUT2D eigenvalue weighted by Crippen LogP contribution is 2.25.